The standard InChI is InChI=1S/C11H20F3N3O2S/c1-16(2)20(3,19)15-10(18)8-17-6-4-5-9(7-17)11(12,13)14/h9H,4-8H2,1-3H3. The molecule has 0 aromatic rings. The predicted octanol–water partition coefficient (Wildman–Crippen LogP) is 1.36. The van der Waals surface area contributed by atoms with E-state index >= 15 is 0 Å². The number of hydrogen-bond donors (Lipinski definition) is 0. The first-order chi connectivity index (χ1) is 9.02. The topological polar surface area (TPSA) is 53.0 Å². The molecule has 118 valence electrons. The summed E-state index contributed by atoms with van der Waals surface area (Å²) in [6.07, 6.45) is -2.43. The highest BCUT2D eigenvalue weighted by Crippen LogP contribution is 2.32. The van der Waals surface area contributed by atoms with E-state index in [1.54, 1.807) is 0 Å². The Morgan fingerprint density at radius 3 is 2.55 bits per heavy atom. The maximum Gasteiger partial charge on any atom is 0.393 e. The van der Waals surface area contributed by atoms with Gasteiger partial charge < -0.3 is 0 Å². The largest absolute Gasteiger partial charge is 0.393 e. The van der Waals surface area contributed by atoms with E-state index in [1.807, 2.05) is 0 Å². The summed E-state index contributed by atoms with van der Waals surface area (Å²) in [5.41, 5.74) is 0. The Labute approximate surface area is 117 Å². The maximum atomic E-state index is 12.6. The van der Waals surface area contributed by atoms with E-state index in [0.717, 1.165) is 0 Å². The lowest BCUT2D eigenvalue weighted by atomic mass is 9.97. The van der Waals surface area contributed by atoms with Gasteiger partial charge in [0.05, 0.1) is 12.5 Å². The summed E-state index contributed by atoms with van der Waals surface area (Å²) >= 11 is 0. The normalized spacial score (nSPS) is 24.4. The molecule has 1 rings (SSSR count). The van der Waals surface area contributed by atoms with Crippen LogP contribution >= 0.6 is 0 Å². The van der Waals surface area contributed by atoms with Gasteiger partial charge in [-0.3, -0.25) is 9.69 Å². The average Bonchev–Trinajstić information content (AvgIpc) is 2.26. The summed E-state index contributed by atoms with van der Waals surface area (Å²) in [4.78, 5) is 13.1. The zero-order valence-corrected chi connectivity index (χ0v) is 12.6. The molecule has 0 bridgehead atoms. The first-order valence-corrected chi connectivity index (χ1v) is 8.12. The maximum absolute atomic E-state index is 12.6. The fourth-order valence-electron chi connectivity index (χ4n) is 1.96. The van der Waals surface area contributed by atoms with Gasteiger partial charge in [-0.25, -0.2) is 8.51 Å². The fourth-order valence-corrected chi connectivity index (χ4v) is 2.56. The minimum absolute atomic E-state index is 0.0908. The molecule has 9 heteroatoms. The molecular formula is C11H20F3N3O2S. The molecule has 0 radical (unpaired) electrons. The van der Waals surface area contributed by atoms with Crippen LogP contribution in [0.3, 0.4) is 0 Å². The monoisotopic (exact) mass is 315 g/mol. The minimum atomic E-state index is -4.24. The Morgan fingerprint density at radius 1 is 1.45 bits per heavy atom. The van der Waals surface area contributed by atoms with Crippen molar-refractivity contribution in [1.82, 2.24) is 9.21 Å². The van der Waals surface area contributed by atoms with Crippen molar-refractivity contribution in [2.24, 2.45) is 10.3 Å². The zero-order chi connectivity index (χ0) is 15.6. The molecule has 2 unspecified atom stereocenters. The quantitative estimate of drug-likeness (QED) is 0.790. The Morgan fingerprint density at radius 2 is 2.05 bits per heavy atom. The van der Waals surface area contributed by atoms with Crippen LogP contribution in [0, 0.1) is 5.92 Å². The summed E-state index contributed by atoms with van der Waals surface area (Å²) in [5, 5.41) is 0. The van der Waals surface area contributed by atoms with E-state index in [0.29, 0.717) is 13.0 Å². The van der Waals surface area contributed by atoms with Gasteiger partial charge in [0.1, 0.15) is 9.92 Å². The number of carbonyl (C=O) groups excluding carboxylic acids is 1. The van der Waals surface area contributed by atoms with E-state index in [-0.39, 0.29) is 19.5 Å². The van der Waals surface area contributed by atoms with Crippen molar-refractivity contribution in [3.05, 3.63) is 0 Å². The van der Waals surface area contributed by atoms with Crippen molar-refractivity contribution in [2.75, 3.05) is 40.0 Å². The number of carbonyl (C=O) groups is 1. The molecule has 1 amide bonds. The first-order valence-electron chi connectivity index (χ1n) is 6.24. The van der Waals surface area contributed by atoms with Gasteiger partial charge in [-0.2, -0.15) is 13.2 Å². The van der Waals surface area contributed by atoms with Crippen LogP contribution in [0.4, 0.5) is 13.2 Å². The predicted molar refractivity (Wildman–Crippen MR) is 70.4 cm³/mol. The molecule has 1 aliphatic rings. The Balaban J connectivity index is 2.66. The van der Waals surface area contributed by atoms with E-state index in [1.165, 1.54) is 29.6 Å². The van der Waals surface area contributed by atoms with Gasteiger partial charge in [0, 0.05) is 26.9 Å². The number of likely N-dealkylation sites (tertiary alicyclic amines) is 1. The highest BCUT2D eigenvalue weighted by Gasteiger charge is 2.41. The number of nitrogens with zero attached hydrogens (tertiary/aromatic N) is 3. The summed E-state index contributed by atoms with van der Waals surface area (Å²) in [5.74, 6) is -2.04. The van der Waals surface area contributed by atoms with E-state index in [9.17, 15) is 22.2 Å². The van der Waals surface area contributed by atoms with Crippen LogP contribution in [0.25, 0.3) is 0 Å². The van der Waals surface area contributed by atoms with Crippen molar-refractivity contribution in [3.63, 3.8) is 0 Å². The highest BCUT2D eigenvalue weighted by atomic mass is 32.2. The molecular weight excluding hydrogens is 295 g/mol. The molecule has 1 aliphatic heterocycles. The van der Waals surface area contributed by atoms with Crippen LogP contribution in [-0.2, 0) is 14.7 Å². The minimum Gasteiger partial charge on any atom is -0.294 e. The summed E-state index contributed by atoms with van der Waals surface area (Å²) in [7, 11) is 0.275. The van der Waals surface area contributed by atoms with Crippen molar-refractivity contribution >= 4 is 15.8 Å². The lowest BCUT2D eigenvalue weighted by Gasteiger charge is -2.32. The SMILES string of the molecule is CN(C)S(C)(=O)=NC(=O)CN1CCCC(C(F)(F)F)C1. The summed E-state index contributed by atoms with van der Waals surface area (Å²) < 4.78 is 54.7. The first kappa shape index (κ1) is 17.4. The molecule has 0 N–H and O–H groups in total. The second kappa shape index (κ2) is 6.40. The smallest absolute Gasteiger partial charge is 0.294 e. The van der Waals surface area contributed by atoms with Gasteiger partial charge in [0.2, 0.25) is 0 Å². The molecule has 1 heterocycles. The van der Waals surface area contributed by atoms with Crippen LogP contribution in [0.5, 0.6) is 0 Å². The second-order valence-electron chi connectivity index (χ2n) is 5.18. The molecule has 0 aromatic carbocycles. The fraction of sp³-hybridized carbons (Fsp3) is 0.909. The Hall–Kier alpha value is -0.670. The van der Waals surface area contributed by atoms with Crippen molar-refractivity contribution in [2.45, 2.75) is 19.0 Å². The van der Waals surface area contributed by atoms with Gasteiger partial charge in [0.25, 0.3) is 5.91 Å². The summed E-state index contributed by atoms with van der Waals surface area (Å²) in [6, 6.07) is 0. The third-order valence-electron chi connectivity index (χ3n) is 3.28. The van der Waals surface area contributed by atoms with Gasteiger partial charge in [-0.15, -0.1) is 4.36 Å². The molecule has 20 heavy (non-hydrogen) atoms. The van der Waals surface area contributed by atoms with Gasteiger partial charge in [-0.1, -0.05) is 0 Å². The molecule has 0 aliphatic carbocycles. The lowest BCUT2D eigenvalue weighted by Crippen LogP contribution is -2.43. The number of halogens is 3. The highest BCUT2D eigenvalue weighted by molar-refractivity contribution is 7.90. The van der Waals surface area contributed by atoms with E-state index < -0.39 is 27.9 Å². The Bertz CT molecular complexity index is 470. The third-order valence-corrected chi connectivity index (χ3v) is 5.17. The number of piperidine rings is 1. The van der Waals surface area contributed by atoms with Crippen molar-refractivity contribution < 1.29 is 22.2 Å². The van der Waals surface area contributed by atoms with Crippen molar-refractivity contribution in [1.29, 1.82) is 0 Å². The summed E-state index contributed by atoms with van der Waals surface area (Å²) in [6.45, 7) is 0.0174. The van der Waals surface area contributed by atoms with E-state index in [4.69, 9.17) is 0 Å². The average molecular weight is 315 g/mol. The molecule has 0 saturated carbocycles. The molecule has 0 spiro atoms. The third kappa shape index (κ3) is 5.02. The number of hydrogen-bond acceptors (Lipinski definition) is 3. The van der Waals surface area contributed by atoms with Crippen LogP contribution in [0.2, 0.25) is 0 Å². The zero-order valence-electron chi connectivity index (χ0n) is 11.8. The lowest BCUT2D eigenvalue weighted by molar-refractivity contribution is -0.186. The second-order valence-corrected chi connectivity index (χ2v) is 7.61. The molecule has 1 saturated heterocycles. The molecule has 2 atom stereocenters. The molecule has 0 aromatic heterocycles. The molecule has 1 fully saturated rings. The Kier molecular flexibility index (Phi) is 5.56. The van der Waals surface area contributed by atoms with E-state index in [2.05, 4.69) is 4.36 Å². The van der Waals surface area contributed by atoms with Crippen LogP contribution < -0.4 is 0 Å². The van der Waals surface area contributed by atoms with Crippen LogP contribution in [0.1, 0.15) is 12.8 Å². The van der Waals surface area contributed by atoms with Crippen LogP contribution in [0.15, 0.2) is 4.36 Å². The van der Waals surface area contributed by atoms with Gasteiger partial charge in [-0.05, 0) is 19.4 Å². The number of alkyl halides is 3. The van der Waals surface area contributed by atoms with Crippen molar-refractivity contribution in [3.8, 4) is 0 Å². The number of amides is 1. The number of rotatable bonds is 3. The molecule has 5 nitrogen and oxygen atoms in total. The van der Waals surface area contributed by atoms with Crippen LogP contribution in [-0.4, -0.2) is 65.5 Å². The van der Waals surface area contributed by atoms with Gasteiger partial charge >= 0.3 is 6.18 Å². The van der Waals surface area contributed by atoms with Gasteiger partial charge in [0.15, 0.2) is 0 Å².